The van der Waals surface area contributed by atoms with E-state index in [-0.39, 0.29) is 17.8 Å². The number of nitrogens with zero attached hydrogens (tertiary/aromatic N) is 3. The van der Waals surface area contributed by atoms with E-state index in [0.29, 0.717) is 10.7 Å². The maximum atomic E-state index is 11.0. The van der Waals surface area contributed by atoms with Crippen LogP contribution in [0.4, 0.5) is 5.82 Å². The van der Waals surface area contributed by atoms with Crippen LogP contribution >= 0.6 is 11.3 Å². The molecular weight excluding hydrogens is 228 g/mol. The third-order valence-corrected chi connectivity index (χ3v) is 3.41. The van der Waals surface area contributed by atoms with E-state index < -0.39 is 4.92 Å². The maximum absolute atomic E-state index is 11.0. The molecule has 2 N–H and O–H groups in total. The first-order chi connectivity index (χ1) is 7.52. The highest BCUT2D eigenvalue weighted by atomic mass is 32.1. The van der Waals surface area contributed by atoms with Crippen LogP contribution in [0.5, 0.6) is 0 Å². The van der Waals surface area contributed by atoms with Crippen LogP contribution in [0.3, 0.4) is 0 Å². The first kappa shape index (κ1) is 11.0. The van der Waals surface area contributed by atoms with Gasteiger partial charge in [-0.05, 0) is 11.8 Å². The summed E-state index contributed by atoms with van der Waals surface area (Å²) in [6.07, 6.45) is 1.66. The van der Waals surface area contributed by atoms with Gasteiger partial charge in [0, 0.05) is 17.3 Å². The Bertz CT molecular complexity index is 531. The van der Waals surface area contributed by atoms with Gasteiger partial charge in [-0.15, -0.1) is 0 Å². The van der Waals surface area contributed by atoms with Gasteiger partial charge >= 0.3 is 5.82 Å². The van der Waals surface area contributed by atoms with Gasteiger partial charge in [-0.25, -0.2) is 0 Å². The fraction of sp³-hybridized carbons (Fsp3) is 0.444. The molecule has 7 heteroatoms. The van der Waals surface area contributed by atoms with Gasteiger partial charge in [0.05, 0.1) is 0 Å². The highest BCUT2D eigenvalue weighted by Crippen LogP contribution is 2.30. The van der Waals surface area contributed by atoms with Gasteiger partial charge in [-0.1, -0.05) is 18.3 Å². The van der Waals surface area contributed by atoms with Gasteiger partial charge in [0.2, 0.25) is 0 Å². The van der Waals surface area contributed by atoms with Crippen molar-refractivity contribution >= 4 is 22.1 Å². The molecular formula is C9H12N4O2S. The van der Waals surface area contributed by atoms with Crippen molar-refractivity contribution < 1.29 is 4.92 Å². The van der Waals surface area contributed by atoms with E-state index in [2.05, 4.69) is 4.98 Å². The second kappa shape index (κ2) is 3.84. The Balaban J connectivity index is 2.64. The van der Waals surface area contributed by atoms with E-state index in [4.69, 9.17) is 5.73 Å². The van der Waals surface area contributed by atoms with Crippen molar-refractivity contribution in [3.63, 3.8) is 0 Å². The quantitative estimate of drug-likeness (QED) is 0.654. The Hall–Kier alpha value is -1.47. The molecule has 2 atom stereocenters. The molecule has 0 bridgehead atoms. The summed E-state index contributed by atoms with van der Waals surface area (Å²) in [6.45, 7) is 3.67. The van der Waals surface area contributed by atoms with Crippen molar-refractivity contribution in [2.24, 2.45) is 5.73 Å². The molecule has 2 aromatic heterocycles. The monoisotopic (exact) mass is 240 g/mol. The van der Waals surface area contributed by atoms with E-state index >= 15 is 0 Å². The van der Waals surface area contributed by atoms with Crippen molar-refractivity contribution in [3.8, 4) is 0 Å². The number of nitrogens with two attached hydrogens (primary N) is 1. The van der Waals surface area contributed by atoms with Gasteiger partial charge in [-0.2, -0.15) is 9.38 Å². The highest BCUT2D eigenvalue weighted by Gasteiger charge is 2.28. The lowest BCUT2D eigenvalue weighted by Crippen LogP contribution is -2.23. The zero-order valence-corrected chi connectivity index (χ0v) is 9.77. The summed E-state index contributed by atoms with van der Waals surface area (Å²) >= 11 is 1.38. The fourth-order valence-corrected chi connectivity index (χ4v) is 2.24. The van der Waals surface area contributed by atoms with E-state index in [1.54, 1.807) is 11.6 Å². The number of fused-ring (bicyclic) bond motifs is 1. The molecule has 0 saturated carbocycles. The molecule has 0 radical (unpaired) electrons. The van der Waals surface area contributed by atoms with Crippen molar-refractivity contribution in [1.82, 2.24) is 9.38 Å². The van der Waals surface area contributed by atoms with Gasteiger partial charge in [-0.3, -0.25) is 0 Å². The standard InChI is InChI=1S/C9H12N4O2S/c1-5(6(2)10)7-8(13(14)15)12-3-4-16-9(12)11-7/h3-6H,10H2,1-2H3. The number of aromatic nitrogens is 2. The Morgan fingerprint density at radius 2 is 2.31 bits per heavy atom. The lowest BCUT2D eigenvalue weighted by Gasteiger charge is -2.12. The van der Waals surface area contributed by atoms with Crippen LogP contribution in [-0.2, 0) is 0 Å². The van der Waals surface area contributed by atoms with Crippen LogP contribution < -0.4 is 5.73 Å². The van der Waals surface area contributed by atoms with Crippen molar-refractivity contribution in [2.75, 3.05) is 0 Å². The Morgan fingerprint density at radius 1 is 1.62 bits per heavy atom. The molecule has 0 aromatic carbocycles. The molecule has 86 valence electrons. The van der Waals surface area contributed by atoms with Crippen LogP contribution in [0.25, 0.3) is 4.96 Å². The second-order valence-electron chi connectivity index (χ2n) is 3.78. The van der Waals surface area contributed by atoms with Crippen LogP contribution in [0, 0.1) is 10.1 Å². The predicted octanol–water partition coefficient (Wildman–Crippen LogP) is 1.75. The number of thiazole rings is 1. The van der Waals surface area contributed by atoms with E-state index in [0.717, 1.165) is 0 Å². The molecule has 16 heavy (non-hydrogen) atoms. The van der Waals surface area contributed by atoms with Crippen LogP contribution in [0.2, 0.25) is 0 Å². The Kier molecular flexibility index (Phi) is 2.64. The Morgan fingerprint density at radius 3 is 2.88 bits per heavy atom. The number of hydrogen-bond acceptors (Lipinski definition) is 5. The third-order valence-electron chi connectivity index (χ3n) is 2.66. The van der Waals surface area contributed by atoms with Crippen LogP contribution in [0.15, 0.2) is 11.6 Å². The molecule has 0 fully saturated rings. The average molecular weight is 240 g/mol. The van der Waals surface area contributed by atoms with Gasteiger partial charge in [0.15, 0.2) is 0 Å². The summed E-state index contributed by atoms with van der Waals surface area (Å²) in [4.78, 5) is 15.5. The minimum Gasteiger partial charge on any atom is -0.358 e. The largest absolute Gasteiger partial charge is 0.358 e. The minimum absolute atomic E-state index is 0.0288. The SMILES string of the molecule is CC(N)C(C)c1nc2sccn2c1[N+](=O)[O-]. The number of nitro groups is 1. The molecule has 6 nitrogen and oxygen atoms in total. The molecule has 2 unspecified atom stereocenters. The summed E-state index contributed by atoms with van der Waals surface area (Å²) < 4.78 is 1.50. The van der Waals surface area contributed by atoms with Crippen molar-refractivity contribution in [3.05, 3.63) is 27.4 Å². The third kappa shape index (κ3) is 1.57. The fourth-order valence-electron chi connectivity index (χ4n) is 1.53. The number of rotatable bonds is 3. The zero-order chi connectivity index (χ0) is 11.9. The zero-order valence-electron chi connectivity index (χ0n) is 8.95. The number of imidazole rings is 1. The Labute approximate surface area is 95.9 Å². The molecule has 0 aliphatic carbocycles. The van der Waals surface area contributed by atoms with Crippen molar-refractivity contribution in [2.45, 2.75) is 25.8 Å². The lowest BCUT2D eigenvalue weighted by molar-refractivity contribution is -0.391. The summed E-state index contributed by atoms with van der Waals surface area (Å²) in [6, 6.07) is -0.164. The summed E-state index contributed by atoms with van der Waals surface area (Å²) in [5.74, 6) is -0.103. The van der Waals surface area contributed by atoms with E-state index in [1.807, 2.05) is 13.8 Å². The summed E-state index contributed by atoms with van der Waals surface area (Å²) in [7, 11) is 0. The molecule has 0 spiro atoms. The first-order valence-corrected chi connectivity index (χ1v) is 5.75. The van der Waals surface area contributed by atoms with Crippen molar-refractivity contribution in [1.29, 1.82) is 0 Å². The van der Waals surface area contributed by atoms with Gasteiger partial charge < -0.3 is 15.8 Å². The normalized spacial score (nSPS) is 15.2. The lowest BCUT2D eigenvalue weighted by atomic mass is 10.0. The van der Waals surface area contributed by atoms with Gasteiger partial charge in [0.1, 0.15) is 11.9 Å². The van der Waals surface area contributed by atoms with E-state index in [9.17, 15) is 10.1 Å². The topological polar surface area (TPSA) is 86.5 Å². The predicted molar refractivity (Wildman–Crippen MR) is 61.8 cm³/mol. The second-order valence-corrected chi connectivity index (χ2v) is 4.65. The highest BCUT2D eigenvalue weighted by molar-refractivity contribution is 7.15. The minimum atomic E-state index is -0.402. The number of hydrogen-bond donors (Lipinski definition) is 1. The van der Waals surface area contributed by atoms with Crippen LogP contribution in [0.1, 0.15) is 25.5 Å². The summed E-state index contributed by atoms with van der Waals surface area (Å²) in [5, 5.41) is 12.8. The smallest absolute Gasteiger partial charge is 0.352 e. The molecule has 0 amide bonds. The molecule has 2 rings (SSSR count). The van der Waals surface area contributed by atoms with E-state index in [1.165, 1.54) is 15.7 Å². The average Bonchev–Trinajstić information content (AvgIpc) is 2.73. The molecule has 2 heterocycles. The molecule has 0 aliphatic heterocycles. The summed E-state index contributed by atoms with van der Waals surface area (Å²) in [5.41, 5.74) is 6.22. The molecule has 0 saturated heterocycles. The molecule has 2 aromatic rings. The molecule has 0 aliphatic rings. The maximum Gasteiger partial charge on any atom is 0.352 e. The van der Waals surface area contributed by atoms with Gasteiger partial charge in [0.25, 0.3) is 4.96 Å². The van der Waals surface area contributed by atoms with Crippen LogP contribution in [-0.4, -0.2) is 20.3 Å². The first-order valence-electron chi connectivity index (χ1n) is 4.87.